The van der Waals surface area contributed by atoms with E-state index in [0.29, 0.717) is 37.2 Å². The molecule has 3 rings (SSSR count). The zero-order chi connectivity index (χ0) is 23.8. The minimum absolute atomic E-state index is 0.116. The van der Waals surface area contributed by atoms with E-state index in [9.17, 15) is 13.2 Å². The van der Waals surface area contributed by atoms with Gasteiger partial charge in [0.25, 0.3) is 10.0 Å². The van der Waals surface area contributed by atoms with E-state index in [-0.39, 0.29) is 23.0 Å². The highest BCUT2D eigenvalue weighted by atomic mass is 35.5. The van der Waals surface area contributed by atoms with Crippen LogP contribution < -0.4 is 20.1 Å². The van der Waals surface area contributed by atoms with Gasteiger partial charge in [-0.3, -0.25) is 9.52 Å². The molecule has 1 aromatic carbocycles. The van der Waals surface area contributed by atoms with Crippen molar-refractivity contribution in [1.82, 2.24) is 10.0 Å². The molecule has 1 aromatic rings. The van der Waals surface area contributed by atoms with Crippen LogP contribution in [0.25, 0.3) is 0 Å². The molecule has 0 aliphatic heterocycles. The second kappa shape index (κ2) is 11.3. The first-order chi connectivity index (χ1) is 15.8. The molecule has 3 N–H and O–H groups in total. The Morgan fingerprint density at radius 1 is 1.09 bits per heavy atom. The largest absolute Gasteiger partial charge is 0.497 e. The molecule has 0 radical (unpaired) electrons. The minimum Gasteiger partial charge on any atom is -0.497 e. The Kier molecular flexibility index (Phi) is 8.46. The van der Waals surface area contributed by atoms with Crippen LogP contribution in [0.5, 0.6) is 5.75 Å². The van der Waals surface area contributed by atoms with Gasteiger partial charge >= 0.3 is 0 Å². The monoisotopic (exact) mass is 493 g/mol. The number of nitrogens with one attached hydrogen (secondary N) is 3. The lowest BCUT2D eigenvalue weighted by Gasteiger charge is -2.21. The van der Waals surface area contributed by atoms with Gasteiger partial charge in [0.2, 0.25) is 5.91 Å². The fraction of sp³-hybridized carbons (Fsp3) is 0.348. The van der Waals surface area contributed by atoms with Crippen molar-refractivity contribution in [2.45, 2.75) is 24.6 Å². The number of anilines is 1. The van der Waals surface area contributed by atoms with E-state index in [1.807, 2.05) is 24.3 Å². The third kappa shape index (κ3) is 6.79. The normalized spacial score (nSPS) is 18.2. The lowest BCUT2D eigenvalue weighted by atomic mass is 10.0. The molecule has 0 bridgehead atoms. The van der Waals surface area contributed by atoms with Crippen LogP contribution in [0, 0.1) is 0 Å². The number of hydrogen-bond acceptors (Lipinski definition) is 6. The number of hydrogen-bond donors (Lipinski definition) is 3. The summed E-state index contributed by atoms with van der Waals surface area (Å²) in [5.74, 6) is 0.883. The Balaban J connectivity index is 1.51. The molecular formula is C23H28ClN3O5S. The van der Waals surface area contributed by atoms with E-state index in [2.05, 4.69) is 15.4 Å². The average molecular weight is 494 g/mol. The van der Waals surface area contributed by atoms with Gasteiger partial charge < -0.3 is 20.1 Å². The number of sulfonamides is 1. The van der Waals surface area contributed by atoms with Crippen molar-refractivity contribution in [2.24, 2.45) is 0 Å². The third-order valence-electron chi connectivity index (χ3n) is 5.19. The standard InChI is InChI=1S/C23H28ClN3O5S/c1-31-20-10-8-18(9-11-20)25-13-14-26-23(28)16-3-6-19(7-4-16)27-33(29,30)22-15-17(24)5-12-21(22)32-2/h3,5-6,8-12,17,25,27H,4,7,13-15H2,1-2H3,(H,26,28). The highest BCUT2D eigenvalue weighted by molar-refractivity contribution is 7.93. The van der Waals surface area contributed by atoms with Crippen LogP contribution in [0.1, 0.15) is 19.3 Å². The quantitative estimate of drug-likeness (QED) is 0.341. The van der Waals surface area contributed by atoms with Crippen molar-refractivity contribution in [3.8, 4) is 5.75 Å². The first kappa shape index (κ1) is 24.7. The fourth-order valence-electron chi connectivity index (χ4n) is 3.41. The van der Waals surface area contributed by atoms with Gasteiger partial charge in [-0.1, -0.05) is 12.2 Å². The molecule has 1 unspecified atom stereocenters. The van der Waals surface area contributed by atoms with Gasteiger partial charge in [0.15, 0.2) is 0 Å². The van der Waals surface area contributed by atoms with Gasteiger partial charge in [-0.15, -0.1) is 11.6 Å². The summed E-state index contributed by atoms with van der Waals surface area (Å²) < 4.78 is 38.5. The molecule has 1 atom stereocenters. The Labute approximate surface area is 199 Å². The Morgan fingerprint density at radius 2 is 1.85 bits per heavy atom. The lowest BCUT2D eigenvalue weighted by molar-refractivity contribution is -0.117. The number of ether oxygens (including phenoxy) is 2. The molecule has 0 aromatic heterocycles. The summed E-state index contributed by atoms with van der Waals surface area (Å²) in [5.41, 5.74) is 2.04. The molecular weight excluding hydrogens is 466 g/mol. The zero-order valence-corrected chi connectivity index (χ0v) is 20.1. The molecule has 0 heterocycles. The van der Waals surface area contributed by atoms with Gasteiger partial charge in [-0.25, -0.2) is 8.42 Å². The molecule has 0 fully saturated rings. The van der Waals surface area contributed by atoms with Crippen molar-refractivity contribution in [3.63, 3.8) is 0 Å². The van der Waals surface area contributed by atoms with Crippen LogP contribution in [0.15, 0.2) is 70.5 Å². The van der Waals surface area contributed by atoms with E-state index >= 15 is 0 Å². The molecule has 2 aliphatic carbocycles. The highest BCUT2D eigenvalue weighted by Gasteiger charge is 2.28. The van der Waals surface area contributed by atoms with Gasteiger partial charge in [0.1, 0.15) is 16.4 Å². The van der Waals surface area contributed by atoms with E-state index in [1.165, 1.54) is 7.11 Å². The second-order valence-corrected chi connectivity index (χ2v) is 9.74. The van der Waals surface area contributed by atoms with Crippen molar-refractivity contribution in [1.29, 1.82) is 0 Å². The molecule has 2 aliphatic rings. The maximum Gasteiger partial charge on any atom is 0.261 e. The number of alkyl halides is 1. The Hall–Kier alpha value is -2.91. The van der Waals surface area contributed by atoms with Crippen LogP contribution in [0.2, 0.25) is 0 Å². The zero-order valence-electron chi connectivity index (χ0n) is 18.6. The summed E-state index contributed by atoms with van der Waals surface area (Å²) in [6.45, 7) is 1.02. The van der Waals surface area contributed by atoms with Gasteiger partial charge in [-0.2, -0.15) is 0 Å². The minimum atomic E-state index is -3.81. The smallest absolute Gasteiger partial charge is 0.261 e. The topological polar surface area (TPSA) is 106 Å². The van der Waals surface area contributed by atoms with E-state index in [1.54, 1.807) is 31.4 Å². The lowest BCUT2D eigenvalue weighted by Crippen LogP contribution is -2.31. The summed E-state index contributed by atoms with van der Waals surface area (Å²) in [5, 5.41) is 5.68. The Bertz CT molecular complexity index is 1090. The predicted molar refractivity (Wildman–Crippen MR) is 129 cm³/mol. The summed E-state index contributed by atoms with van der Waals surface area (Å²) in [4.78, 5) is 12.5. The first-order valence-electron chi connectivity index (χ1n) is 10.5. The van der Waals surface area contributed by atoms with Gasteiger partial charge in [0, 0.05) is 36.5 Å². The molecule has 0 saturated carbocycles. The van der Waals surface area contributed by atoms with Crippen LogP contribution in [-0.4, -0.2) is 47.0 Å². The number of rotatable bonds is 10. The summed E-state index contributed by atoms with van der Waals surface area (Å²) in [7, 11) is -0.773. The third-order valence-corrected chi connectivity index (χ3v) is 7.04. The number of carbonyl (C=O) groups excluding carboxylic acids is 1. The summed E-state index contributed by atoms with van der Waals surface area (Å²) >= 11 is 6.09. The number of benzene rings is 1. The molecule has 178 valence electrons. The summed E-state index contributed by atoms with van der Waals surface area (Å²) in [6, 6.07) is 7.52. The summed E-state index contributed by atoms with van der Waals surface area (Å²) in [6.07, 6.45) is 7.51. The number of allylic oxidation sites excluding steroid dienone is 6. The van der Waals surface area contributed by atoms with E-state index < -0.39 is 15.4 Å². The van der Waals surface area contributed by atoms with E-state index in [4.69, 9.17) is 21.1 Å². The van der Waals surface area contributed by atoms with Crippen molar-refractivity contribution >= 4 is 33.2 Å². The number of methoxy groups -OCH3 is 2. The SMILES string of the molecule is COC1=C(S(=O)(=O)NC2=CC=C(C(=O)NCCNc3ccc(OC)cc3)CC2)CC(Cl)C=C1. The van der Waals surface area contributed by atoms with Crippen molar-refractivity contribution < 1.29 is 22.7 Å². The molecule has 8 nitrogen and oxygen atoms in total. The van der Waals surface area contributed by atoms with Gasteiger partial charge in [0.05, 0.1) is 19.6 Å². The van der Waals surface area contributed by atoms with Crippen LogP contribution in [0.3, 0.4) is 0 Å². The average Bonchev–Trinajstić information content (AvgIpc) is 2.82. The molecule has 10 heteroatoms. The maximum atomic E-state index is 12.8. The second-order valence-electron chi connectivity index (χ2n) is 7.47. The van der Waals surface area contributed by atoms with Crippen LogP contribution in [0.4, 0.5) is 5.69 Å². The van der Waals surface area contributed by atoms with E-state index in [0.717, 1.165) is 11.4 Å². The van der Waals surface area contributed by atoms with Crippen molar-refractivity contribution in [3.05, 3.63) is 70.5 Å². The molecule has 0 spiro atoms. The number of carbonyl (C=O) groups is 1. The highest BCUT2D eigenvalue weighted by Crippen LogP contribution is 2.28. The first-order valence-corrected chi connectivity index (χ1v) is 12.4. The van der Waals surface area contributed by atoms with Gasteiger partial charge in [-0.05, 0) is 49.3 Å². The molecule has 33 heavy (non-hydrogen) atoms. The van der Waals surface area contributed by atoms with Crippen LogP contribution in [-0.2, 0) is 19.6 Å². The Morgan fingerprint density at radius 3 is 2.48 bits per heavy atom. The molecule has 0 saturated heterocycles. The van der Waals surface area contributed by atoms with Crippen molar-refractivity contribution in [2.75, 3.05) is 32.6 Å². The number of halogens is 1. The fourth-order valence-corrected chi connectivity index (χ4v) is 5.18. The molecule has 1 amide bonds. The number of amides is 1. The van der Waals surface area contributed by atoms with Crippen LogP contribution >= 0.6 is 11.6 Å². The maximum absolute atomic E-state index is 12.8. The predicted octanol–water partition coefficient (Wildman–Crippen LogP) is 3.17.